The summed E-state index contributed by atoms with van der Waals surface area (Å²) in [6.07, 6.45) is 4.89. The second kappa shape index (κ2) is 8.97. The van der Waals surface area contributed by atoms with Crippen molar-refractivity contribution in [2.75, 3.05) is 13.7 Å². The number of hydrogen-bond acceptors (Lipinski definition) is 5. The topological polar surface area (TPSA) is 77.3 Å². The average Bonchev–Trinajstić information content (AvgIpc) is 3.42. The van der Waals surface area contributed by atoms with Gasteiger partial charge < -0.3 is 9.30 Å². The van der Waals surface area contributed by atoms with Crippen molar-refractivity contribution in [3.05, 3.63) is 72.3 Å². The Bertz CT molecular complexity index is 1070. The molecule has 1 aliphatic rings. The molecule has 0 saturated carbocycles. The van der Waals surface area contributed by atoms with Gasteiger partial charge in [0.15, 0.2) is 0 Å². The summed E-state index contributed by atoms with van der Waals surface area (Å²) in [7, 11) is -1.96. The van der Waals surface area contributed by atoms with Gasteiger partial charge in [0.25, 0.3) is 0 Å². The molecule has 158 valence electrons. The Morgan fingerprint density at radius 2 is 1.87 bits per heavy atom. The van der Waals surface area contributed by atoms with Crippen LogP contribution in [0.15, 0.2) is 65.8 Å². The Morgan fingerprint density at radius 3 is 2.60 bits per heavy atom. The molecule has 3 aromatic rings. The number of rotatable bonds is 8. The normalized spacial score (nSPS) is 17.3. The summed E-state index contributed by atoms with van der Waals surface area (Å²) in [5.41, 5.74) is 1.18. The first-order chi connectivity index (χ1) is 14.6. The number of sulfonamides is 1. The van der Waals surface area contributed by atoms with E-state index in [-0.39, 0.29) is 6.04 Å². The Morgan fingerprint density at radius 1 is 1.10 bits per heavy atom. The van der Waals surface area contributed by atoms with Crippen LogP contribution in [0.1, 0.15) is 30.7 Å². The molecule has 7 nitrogen and oxygen atoms in total. The lowest BCUT2D eigenvalue weighted by molar-refractivity contribution is 0.367. The Labute approximate surface area is 177 Å². The molecular weight excluding hydrogens is 400 g/mol. The van der Waals surface area contributed by atoms with Crippen molar-refractivity contribution >= 4 is 10.0 Å². The highest BCUT2D eigenvalue weighted by molar-refractivity contribution is 7.89. The number of hydrogen-bond donors (Lipinski definition) is 0. The van der Waals surface area contributed by atoms with Gasteiger partial charge in [0.05, 0.1) is 18.6 Å². The van der Waals surface area contributed by atoms with Crippen LogP contribution in [0.4, 0.5) is 0 Å². The van der Waals surface area contributed by atoms with Gasteiger partial charge in [-0.05, 0) is 49.1 Å². The quantitative estimate of drug-likeness (QED) is 0.553. The van der Waals surface area contributed by atoms with Gasteiger partial charge >= 0.3 is 0 Å². The zero-order chi connectivity index (χ0) is 21.0. The number of nitrogens with zero attached hydrogens (tertiary/aromatic N) is 4. The summed E-state index contributed by atoms with van der Waals surface area (Å²) in [6, 6.07) is 16.7. The lowest BCUT2D eigenvalue weighted by Crippen LogP contribution is -2.36. The molecule has 1 unspecified atom stereocenters. The highest BCUT2D eigenvalue weighted by Crippen LogP contribution is 2.29. The van der Waals surface area contributed by atoms with Gasteiger partial charge in [-0.25, -0.2) is 8.42 Å². The van der Waals surface area contributed by atoms with Crippen LogP contribution in [0.3, 0.4) is 0 Å². The molecule has 0 spiro atoms. The van der Waals surface area contributed by atoms with Crippen LogP contribution in [0.5, 0.6) is 5.75 Å². The second-order valence-electron chi connectivity index (χ2n) is 7.49. The molecule has 1 fully saturated rings. The Balaban J connectivity index is 1.44. The van der Waals surface area contributed by atoms with Crippen molar-refractivity contribution in [1.29, 1.82) is 0 Å². The van der Waals surface area contributed by atoms with Crippen LogP contribution in [-0.4, -0.2) is 47.2 Å². The minimum Gasteiger partial charge on any atom is -0.497 e. The SMILES string of the molecule is COc1ccc(S(=O)(=O)N2CCCC2CCc2nncn2Cc2ccccc2)cc1. The maximum atomic E-state index is 13.2. The number of aromatic nitrogens is 3. The molecule has 1 aromatic heterocycles. The van der Waals surface area contributed by atoms with E-state index in [1.165, 1.54) is 5.56 Å². The summed E-state index contributed by atoms with van der Waals surface area (Å²) in [5.74, 6) is 1.53. The molecule has 1 aliphatic heterocycles. The lowest BCUT2D eigenvalue weighted by atomic mass is 10.1. The summed E-state index contributed by atoms with van der Waals surface area (Å²) >= 11 is 0. The summed E-state index contributed by atoms with van der Waals surface area (Å²) in [4.78, 5) is 0.308. The lowest BCUT2D eigenvalue weighted by Gasteiger charge is -2.24. The van der Waals surface area contributed by atoms with Crippen molar-refractivity contribution in [2.45, 2.75) is 43.2 Å². The zero-order valence-corrected chi connectivity index (χ0v) is 17.8. The van der Waals surface area contributed by atoms with Crippen LogP contribution in [-0.2, 0) is 23.0 Å². The predicted molar refractivity (Wildman–Crippen MR) is 114 cm³/mol. The van der Waals surface area contributed by atoms with Gasteiger partial charge in [0.2, 0.25) is 10.0 Å². The largest absolute Gasteiger partial charge is 0.497 e. The predicted octanol–water partition coefficient (Wildman–Crippen LogP) is 3.12. The fraction of sp³-hybridized carbons (Fsp3) is 0.364. The average molecular weight is 427 g/mol. The Kier molecular flexibility index (Phi) is 6.15. The first-order valence-electron chi connectivity index (χ1n) is 10.1. The van der Waals surface area contributed by atoms with E-state index >= 15 is 0 Å². The molecule has 0 bridgehead atoms. The monoisotopic (exact) mass is 426 g/mol. The van der Waals surface area contributed by atoms with E-state index in [4.69, 9.17) is 4.74 Å². The first kappa shape index (κ1) is 20.6. The molecule has 1 saturated heterocycles. The van der Waals surface area contributed by atoms with Crippen molar-refractivity contribution in [1.82, 2.24) is 19.1 Å². The molecule has 0 aliphatic carbocycles. The van der Waals surface area contributed by atoms with E-state index in [0.29, 0.717) is 30.2 Å². The maximum absolute atomic E-state index is 13.2. The van der Waals surface area contributed by atoms with E-state index in [1.54, 1.807) is 42.0 Å². The van der Waals surface area contributed by atoms with Gasteiger partial charge in [-0.3, -0.25) is 0 Å². The summed E-state index contributed by atoms with van der Waals surface area (Å²) in [5, 5.41) is 8.33. The molecule has 30 heavy (non-hydrogen) atoms. The minimum atomic E-state index is -3.53. The van der Waals surface area contributed by atoms with Gasteiger partial charge in [0, 0.05) is 19.0 Å². The molecule has 0 amide bonds. The molecule has 1 atom stereocenters. The molecule has 4 rings (SSSR count). The standard InChI is InChI=1S/C22H26N4O3S/c1-29-20-10-12-21(13-11-20)30(27,28)26-15-5-8-19(26)9-14-22-24-23-17-25(22)16-18-6-3-2-4-7-18/h2-4,6-7,10-13,17,19H,5,8-9,14-16H2,1H3. The van der Waals surface area contributed by atoms with Crippen LogP contribution < -0.4 is 4.74 Å². The fourth-order valence-corrected chi connectivity index (χ4v) is 5.70. The van der Waals surface area contributed by atoms with Crippen molar-refractivity contribution in [3.8, 4) is 5.75 Å². The minimum absolute atomic E-state index is 0.0287. The first-order valence-corrected chi connectivity index (χ1v) is 11.6. The molecule has 0 radical (unpaired) electrons. The summed E-state index contributed by atoms with van der Waals surface area (Å²) in [6.45, 7) is 1.26. The highest BCUT2D eigenvalue weighted by atomic mass is 32.2. The molecular formula is C22H26N4O3S. The third-order valence-corrected chi connectivity index (χ3v) is 7.55. The third kappa shape index (κ3) is 4.39. The van der Waals surface area contributed by atoms with Crippen LogP contribution in [0.25, 0.3) is 0 Å². The van der Waals surface area contributed by atoms with E-state index in [2.05, 4.69) is 22.3 Å². The number of aryl methyl sites for hydroxylation is 1. The van der Waals surface area contributed by atoms with Crippen molar-refractivity contribution in [3.63, 3.8) is 0 Å². The number of methoxy groups -OCH3 is 1. The van der Waals surface area contributed by atoms with Gasteiger partial charge in [-0.1, -0.05) is 30.3 Å². The third-order valence-electron chi connectivity index (χ3n) is 5.58. The molecule has 2 aromatic carbocycles. The maximum Gasteiger partial charge on any atom is 0.243 e. The molecule has 8 heteroatoms. The van der Waals surface area contributed by atoms with E-state index < -0.39 is 10.0 Å². The number of benzene rings is 2. The molecule has 0 N–H and O–H groups in total. The van der Waals surface area contributed by atoms with Crippen molar-refractivity contribution in [2.24, 2.45) is 0 Å². The van der Waals surface area contributed by atoms with E-state index in [0.717, 1.165) is 25.1 Å². The van der Waals surface area contributed by atoms with Crippen LogP contribution in [0, 0.1) is 0 Å². The fourth-order valence-electron chi connectivity index (χ4n) is 3.98. The van der Waals surface area contributed by atoms with Gasteiger partial charge in [-0.2, -0.15) is 4.31 Å². The highest BCUT2D eigenvalue weighted by Gasteiger charge is 2.35. The van der Waals surface area contributed by atoms with E-state index in [9.17, 15) is 8.42 Å². The molecule has 2 heterocycles. The van der Waals surface area contributed by atoms with E-state index in [1.807, 2.05) is 22.8 Å². The van der Waals surface area contributed by atoms with Crippen LogP contribution in [0.2, 0.25) is 0 Å². The second-order valence-corrected chi connectivity index (χ2v) is 9.38. The van der Waals surface area contributed by atoms with Crippen molar-refractivity contribution < 1.29 is 13.2 Å². The smallest absolute Gasteiger partial charge is 0.243 e. The van der Waals surface area contributed by atoms with Crippen LogP contribution >= 0.6 is 0 Å². The number of ether oxygens (including phenoxy) is 1. The van der Waals surface area contributed by atoms with Gasteiger partial charge in [-0.15, -0.1) is 10.2 Å². The Hall–Kier alpha value is -2.71. The van der Waals surface area contributed by atoms with Gasteiger partial charge in [0.1, 0.15) is 17.9 Å². The zero-order valence-electron chi connectivity index (χ0n) is 17.0. The summed E-state index contributed by atoms with van der Waals surface area (Å²) < 4.78 is 35.2.